The summed E-state index contributed by atoms with van der Waals surface area (Å²) in [5.41, 5.74) is 7.00. The molecule has 1 aromatic heterocycles. The van der Waals surface area contributed by atoms with Crippen molar-refractivity contribution in [1.82, 2.24) is 9.88 Å². The van der Waals surface area contributed by atoms with Crippen LogP contribution in [0.15, 0.2) is 36.5 Å². The number of halogens is 1. The van der Waals surface area contributed by atoms with Gasteiger partial charge < -0.3 is 10.5 Å². The second kappa shape index (κ2) is 7.04. The average Bonchev–Trinajstić information content (AvgIpc) is 2.86. The predicted octanol–water partition coefficient (Wildman–Crippen LogP) is 2.72. The van der Waals surface area contributed by atoms with Crippen LogP contribution in [0.3, 0.4) is 0 Å². The SMILES string of the molecule is Cl.Nc1ncc(CN2CCOCC2c2ccccc2)s1. The first-order valence-electron chi connectivity index (χ1n) is 6.40. The number of anilines is 1. The summed E-state index contributed by atoms with van der Waals surface area (Å²) < 4.78 is 5.63. The Morgan fingerprint density at radius 2 is 2.15 bits per heavy atom. The second-order valence-corrected chi connectivity index (χ2v) is 5.78. The van der Waals surface area contributed by atoms with Gasteiger partial charge in [0.1, 0.15) is 0 Å². The molecular weight excluding hydrogens is 294 g/mol. The lowest BCUT2D eigenvalue weighted by molar-refractivity contribution is -0.0122. The molecule has 4 nitrogen and oxygen atoms in total. The van der Waals surface area contributed by atoms with E-state index in [9.17, 15) is 0 Å². The van der Waals surface area contributed by atoms with Crippen molar-refractivity contribution < 1.29 is 4.74 Å². The summed E-state index contributed by atoms with van der Waals surface area (Å²) in [6.45, 7) is 3.37. The molecule has 2 N–H and O–H groups in total. The number of thiazole rings is 1. The van der Waals surface area contributed by atoms with Gasteiger partial charge in [0.05, 0.1) is 19.3 Å². The van der Waals surface area contributed by atoms with Crippen LogP contribution in [0.5, 0.6) is 0 Å². The summed E-state index contributed by atoms with van der Waals surface area (Å²) in [6.07, 6.45) is 1.87. The Hall–Kier alpha value is -1.14. The lowest BCUT2D eigenvalue weighted by atomic mass is 10.1. The smallest absolute Gasteiger partial charge is 0.180 e. The molecule has 6 heteroatoms. The van der Waals surface area contributed by atoms with Gasteiger partial charge in [-0.25, -0.2) is 4.98 Å². The number of aromatic nitrogens is 1. The van der Waals surface area contributed by atoms with Crippen LogP contribution >= 0.6 is 23.7 Å². The molecule has 1 fully saturated rings. The lowest BCUT2D eigenvalue weighted by Crippen LogP contribution is -2.38. The molecule has 0 aliphatic carbocycles. The van der Waals surface area contributed by atoms with Gasteiger partial charge in [-0.2, -0.15) is 0 Å². The number of hydrogen-bond acceptors (Lipinski definition) is 5. The lowest BCUT2D eigenvalue weighted by Gasteiger charge is -2.35. The Morgan fingerprint density at radius 1 is 1.35 bits per heavy atom. The Balaban J connectivity index is 0.00000147. The van der Waals surface area contributed by atoms with Crippen LogP contribution in [0.1, 0.15) is 16.5 Å². The number of nitrogens with two attached hydrogens (primary N) is 1. The van der Waals surface area contributed by atoms with Crippen LogP contribution < -0.4 is 5.73 Å². The van der Waals surface area contributed by atoms with Crippen LogP contribution in [-0.4, -0.2) is 29.6 Å². The van der Waals surface area contributed by atoms with E-state index in [0.717, 1.165) is 26.3 Å². The van der Waals surface area contributed by atoms with Gasteiger partial charge in [0.25, 0.3) is 0 Å². The molecule has 0 radical (unpaired) electrons. The van der Waals surface area contributed by atoms with Crippen molar-refractivity contribution in [3.8, 4) is 0 Å². The van der Waals surface area contributed by atoms with Crippen molar-refractivity contribution in [3.63, 3.8) is 0 Å². The number of ether oxygens (including phenoxy) is 1. The number of rotatable bonds is 3. The molecule has 3 rings (SSSR count). The number of benzene rings is 1. The maximum absolute atomic E-state index is 5.69. The highest BCUT2D eigenvalue weighted by Crippen LogP contribution is 2.27. The van der Waals surface area contributed by atoms with Gasteiger partial charge in [-0.15, -0.1) is 23.7 Å². The molecule has 108 valence electrons. The van der Waals surface area contributed by atoms with Crippen molar-refractivity contribution >= 4 is 28.9 Å². The summed E-state index contributed by atoms with van der Waals surface area (Å²) in [5.74, 6) is 0. The average molecular weight is 312 g/mol. The molecule has 0 amide bonds. The molecule has 2 heterocycles. The van der Waals surface area contributed by atoms with Crippen LogP contribution in [0.2, 0.25) is 0 Å². The van der Waals surface area contributed by atoms with Crippen LogP contribution in [0.25, 0.3) is 0 Å². The van der Waals surface area contributed by atoms with E-state index in [4.69, 9.17) is 10.5 Å². The highest BCUT2D eigenvalue weighted by atomic mass is 35.5. The first-order valence-corrected chi connectivity index (χ1v) is 7.21. The molecule has 2 aromatic rings. The molecule has 1 atom stereocenters. The third-order valence-electron chi connectivity index (χ3n) is 3.35. The first kappa shape index (κ1) is 15.3. The maximum Gasteiger partial charge on any atom is 0.180 e. The van der Waals surface area contributed by atoms with Gasteiger partial charge in [-0.1, -0.05) is 30.3 Å². The van der Waals surface area contributed by atoms with E-state index >= 15 is 0 Å². The summed E-state index contributed by atoms with van der Waals surface area (Å²) >= 11 is 1.56. The van der Waals surface area contributed by atoms with E-state index in [1.807, 2.05) is 12.3 Å². The Bertz CT molecular complexity index is 534. The van der Waals surface area contributed by atoms with Crippen molar-refractivity contribution in [2.24, 2.45) is 0 Å². The molecule has 0 spiro atoms. The molecule has 0 saturated carbocycles. The van der Waals surface area contributed by atoms with Crippen molar-refractivity contribution in [2.75, 3.05) is 25.5 Å². The summed E-state index contributed by atoms with van der Waals surface area (Å²) in [7, 11) is 0. The van der Waals surface area contributed by atoms with E-state index in [1.165, 1.54) is 10.4 Å². The molecule has 1 saturated heterocycles. The minimum Gasteiger partial charge on any atom is -0.378 e. The van der Waals surface area contributed by atoms with Crippen molar-refractivity contribution in [2.45, 2.75) is 12.6 Å². The van der Waals surface area contributed by atoms with Gasteiger partial charge in [0, 0.05) is 24.2 Å². The minimum atomic E-state index is 0. The second-order valence-electron chi connectivity index (χ2n) is 4.64. The zero-order valence-corrected chi connectivity index (χ0v) is 12.7. The van der Waals surface area contributed by atoms with Gasteiger partial charge in [-0.05, 0) is 5.56 Å². The fraction of sp³-hybridized carbons (Fsp3) is 0.357. The molecule has 1 aliphatic rings. The molecule has 1 aliphatic heterocycles. The van der Waals surface area contributed by atoms with Gasteiger partial charge >= 0.3 is 0 Å². The number of morpholine rings is 1. The van der Waals surface area contributed by atoms with Crippen molar-refractivity contribution in [3.05, 3.63) is 47.0 Å². The van der Waals surface area contributed by atoms with E-state index in [0.29, 0.717) is 11.2 Å². The number of nitrogen functional groups attached to an aromatic ring is 1. The molecule has 0 bridgehead atoms. The minimum absolute atomic E-state index is 0. The molecule has 20 heavy (non-hydrogen) atoms. The fourth-order valence-corrected chi connectivity index (χ4v) is 3.12. The molecule has 1 unspecified atom stereocenters. The summed E-state index contributed by atoms with van der Waals surface area (Å²) in [4.78, 5) is 7.76. The normalized spacial score (nSPS) is 19.5. The van der Waals surface area contributed by atoms with Gasteiger partial charge in [0.2, 0.25) is 0 Å². The summed E-state index contributed by atoms with van der Waals surface area (Å²) in [5, 5.41) is 0.638. The monoisotopic (exact) mass is 311 g/mol. The van der Waals surface area contributed by atoms with E-state index in [2.05, 4.69) is 34.1 Å². The first-order chi connectivity index (χ1) is 9.33. The van der Waals surface area contributed by atoms with Crippen LogP contribution in [-0.2, 0) is 11.3 Å². The topological polar surface area (TPSA) is 51.4 Å². The Kier molecular flexibility index (Phi) is 5.37. The third kappa shape index (κ3) is 3.49. The quantitative estimate of drug-likeness (QED) is 0.947. The van der Waals surface area contributed by atoms with Crippen LogP contribution in [0, 0.1) is 0 Å². The van der Waals surface area contributed by atoms with E-state index in [1.54, 1.807) is 11.3 Å². The zero-order chi connectivity index (χ0) is 13.1. The molecule has 1 aromatic carbocycles. The zero-order valence-electron chi connectivity index (χ0n) is 11.1. The standard InChI is InChI=1S/C14H17N3OS.ClH/c15-14-16-8-12(19-14)9-17-6-7-18-10-13(17)11-4-2-1-3-5-11;/h1-5,8,13H,6-7,9-10H2,(H2,15,16);1H. The summed E-state index contributed by atoms with van der Waals surface area (Å²) in [6, 6.07) is 10.8. The van der Waals surface area contributed by atoms with E-state index < -0.39 is 0 Å². The fourth-order valence-electron chi connectivity index (χ4n) is 2.41. The van der Waals surface area contributed by atoms with Crippen molar-refractivity contribution in [1.29, 1.82) is 0 Å². The number of hydrogen-bond donors (Lipinski definition) is 1. The Labute approximate surface area is 129 Å². The largest absolute Gasteiger partial charge is 0.378 e. The highest BCUT2D eigenvalue weighted by Gasteiger charge is 2.24. The Morgan fingerprint density at radius 3 is 2.85 bits per heavy atom. The third-order valence-corrected chi connectivity index (χ3v) is 4.17. The predicted molar refractivity (Wildman–Crippen MR) is 84.2 cm³/mol. The molecular formula is C14H18ClN3OS. The maximum atomic E-state index is 5.69. The van der Waals surface area contributed by atoms with Gasteiger partial charge in [0.15, 0.2) is 5.13 Å². The number of nitrogens with zero attached hydrogens (tertiary/aromatic N) is 2. The van der Waals surface area contributed by atoms with Gasteiger partial charge in [-0.3, -0.25) is 4.90 Å². The van der Waals surface area contributed by atoms with E-state index in [-0.39, 0.29) is 12.4 Å². The highest BCUT2D eigenvalue weighted by molar-refractivity contribution is 7.15. The van der Waals surface area contributed by atoms with Crippen LogP contribution in [0.4, 0.5) is 5.13 Å².